The minimum absolute atomic E-state index is 0. The zero-order chi connectivity index (χ0) is 12.9. The molecule has 20 heavy (non-hydrogen) atoms. The molecule has 0 radical (unpaired) electrons. The second-order valence-electron chi connectivity index (χ2n) is 1.96. The van der Waals surface area contributed by atoms with E-state index in [2.05, 4.69) is 9.47 Å². The summed E-state index contributed by atoms with van der Waals surface area (Å²) in [7, 11) is 0. The lowest BCUT2D eigenvalue weighted by Crippen LogP contribution is -2.30. The number of aliphatic carboxylic acids is 2. The zero-order valence-electron chi connectivity index (χ0n) is 9.99. The molecule has 0 aromatic rings. The lowest BCUT2D eigenvalue weighted by Gasteiger charge is -1.98. The Bertz CT molecular complexity index is 367. The molecule has 0 bridgehead atoms. The van der Waals surface area contributed by atoms with Gasteiger partial charge in [-0.05, 0) is 0 Å². The molecule has 118 valence electrons. The number of carboxylic acids is 2. The predicted molar refractivity (Wildman–Crippen MR) is 57.6 cm³/mol. The summed E-state index contributed by atoms with van der Waals surface area (Å²) in [6.07, 6.45) is 0. The number of ether oxygens (including phenoxy) is 2. The van der Waals surface area contributed by atoms with E-state index >= 15 is 0 Å². The molecule has 0 aromatic heterocycles. The van der Waals surface area contributed by atoms with Gasteiger partial charge in [-0.15, -0.1) is 0 Å². The van der Waals surface area contributed by atoms with Crippen LogP contribution in [0.5, 0.6) is 0 Å². The maximum absolute atomic E-state index is 10.5. The highest BCUT2D eigenvalue weighted by Gasteiger charge is 2.29. The first-order valence-corrected chi connectivity index (χ1v) is 3.24. The average Bonchev–Trinajstić information content (AvgIpc) is 2.16. The Hall–Kier alpha value is -2.94. The molecule has 14 N–H and O–H groups in total. The normalized spacial score (nSPS) is 7.00. The number of carboxylic acid groups (broad SMARTS) is 2. The third kappa shape index (κ3) is 10.2. The molecular weight excluding hydrogens is 288 g/mol. The molecule has 0 amide bonds. The summed E-state index contributed by atoms with van der Waals surface area (Å²) in [4.78, 5) is 61.1. The van der Waals surface area contributed by atoms with E-state index in [0.29, 0.717) is 0 Å². The van der Waals surface area contributed by atoms with Crippen molar-refractivity contribution in [1.29, 1.82) is 0 Å². The Morgan fingerprint density at radius 2 is 0.700 bits per heavy atom. The van der Waals surface area contributed by atoms with Crippen LogP contribution in [0.25, 0.3) is 0 Å². The number of hydrogen-bond acceptors (Lipinski definition) is 12. The summed E-state index contributed by atoms with van der Waals surface area (Å²) < 4.78 is 6.71. The average molecular weight is 302 g/mol. The van der Waals surface area contributed by atoms with Crippen LogP contribution in [0.4, 0.5) is 0 Å². The number of carbonyl (C=O) groups is 6. The Morgan fingerprint density at radius 1 is 0.500 bits per heavy atom. The summed E-state index contributed by atoms with van der Waals surface area (Å²) in [5.41, 5.74) is 0. The van der Waals surface area contributed by atoms with Gasteiger partial charge in [0.15, 0.2) is 0 Å². The van der Waals surface area contributed by atoms with E-state index in [0.717, 1.165) is 0 Å². The smallest absolute Gasteiger partial charge is 0.426 e. The minimum atomic E-state index is -2.16. The summed E-state index contributed by atoms with van der Waals surface area (Å²) in [6.45, 7) is 0. The Kier molecular flexibility index (Phi) is 18.9. The SMILES string of the molecule is N.N.N.N.O=C(O)C(=O)OC(=O)C(=O)OC(=O)C(=O)O. The molecule has 0 saturated carbocycles. The molecule has 0 fully saturated rings. The van der Waals surface area contributed by atoms with Crippen LogP contribution >= 0.6 is 0 Å². The molecule has 14 nitrogen and oxygen atoms in total. The van der Waals surface area contributed by atoms with Crippen LogP contribution in [-0.2, 0) is 38.2 Å². The molecule has 0 aliphatic rings. The number of carbonyl (C=O) groups excluding carboxylic acids is 4. The van der Waals surface area contributed by atoms with Crippen LogP contribution in [0.3, 0.4) is 0 Å². The molecule has 14 heteroatoms. The molecular formula is C6H14N4O10. The summed E-state index contributed by atoms with van der Waals surface area (Å²) in [6, 6.07) is 0. The first-order valence-electron chi connectivity index (χ1n) is 3.24. The van der Waals surface area contributed by atoms with Gasteiger partial charge < -0.3 is 44.3 Å². The highest BCUT2D eigenvalue weighted by Crippen LogP contribution is 1.88. The summed E-state index contributed by atoms with van der Waals surface area (Å²) in [5, 5.41) is 15.9. The van der Waals surface area contributed by atoms with Crippen LogP contribution in [-0.4, -0.2) is 46.0 Å². The van der Waals surface area contributed by atoms with E-state index in [1.807, 2.05) is 0 Å². The van der Waals surface area contributed by atoms with Crippen molar-refractivity contribution < 1.29 is 48.5 Å². The van der Waals surface area contributed by atoms with Crippen molar-refractivity contribution in [2.45, 2.75) is 0 Å². The molecule has 0 saturated heterocycles. The lowest BCUT2D eigenvalue weighted by atomic mass is 10.6. The van der Waals surface area contributed by atoms with E-state index in [-0.39, 0.29) is 24.6 Å². The Balaban J connectivity index is -0.000000187. The van der Waals surface area contributed by atoms with Crippen LogP contribution in [0, 0.1) is 0 Å². The predicted octanol–water partition coefficient (Wildman–Crippen LogP) is -2.06. The van der Waals surface area contributed by atoms with Crippen LogP contribution < -0.4 is 24.6 Å². The Labute approximate surface area is 110 Å². The molecule has 0 atom stereocenters. The largest absolute Gasteiger partial charge is 0.473 e. The van der Waals surface area contributed by atoms with Gasteiger partial charge in [-0.2, -0.15) is 0 Å². The molecule has 0 heterocycles. The molecule has 0 rings (SSSR count). The van der Waals surface area contributed by atoms with Gasteiger partial charge in [0.1, 0.15) is 0 Å². The molecule has 0 spiro atoms. The van der Waals surface area contributed by atoms with E-state index < -0.39 is 35.8 Å². The topological polar surface area (TPSA) is 301 Å². The number of esters is 4. The standard InChI is InChI=1S/C6H2O10.4H3N/c7-1(8)3(11)15-5(13)6(14)16-4(12)2(9)10;;;;/h(H,7,8)(H,9,10);4*1H3. The summed E-state index contributed by atoms with van der Waals surface area (Å²) >= 11 is 0. The fraction of sp³-hybridized carbons (Fsp3) is 0. The highest BCUT2D eigenvalue weighted by atomic mass is 16.7. The van der Waals surface area contributed by atoms with Gasteiger partial charge in [-0.25, -0.2) is 28.8 Å². The summed E-state index contributed by atoms with van der Waals surface area (Å²) in [5.74, 6) is -12.7. The lowest BCUT2D eigenvalue weighted by molar-refractivity contribution is -0.182. The van der Waals surface area contributed by atoms with Crippen LogP contribution in [0.1, 0.15) is 0 Å². The van der Waals surface area contributed by atoms with Gasteiger partial charge in [0.05, 0.1) is 0 Å². The quantitative estimate of drug-likeness (QED) is 0.159. The van der Waals surface area contributed by atoms with Gasteiger partial charge in [-0.3, -0.25) is 0 Å². The third-order valence-electron chi connectivity index (χ3n) is 0.887. The zero-order valence-corrected chi connectivity index (χ0v) is 9.99. The van der Waals surface area contributed by atoms with Crippen molar-refractivity contribution in [3.05, 3.63) is 0 Å². The van der Waals surface area contributed by atoms with Gasteiger partial charge >= 0.3 is 35.8 Å². The molecule has 0 unspecified atom stereocenters. The van der Waals surface area contributed by atoms with E-state index in [1.54, 1.807) is 0 Å². The molecule has 0 aliphatic heterocycles. The van der Waals surface area contributed by atoms with Crippen molar-refractivity contribution in [2.24, 2.45) is 0 Å². The first kappa shape index (κ1) is 30.3. The fourth-order valence-electron chi connectivity index (χ4n) is 0.339. The van der Waals surface area contributed by atoms with Gasteiger partial charge in [-0.1, -0.05) is 0 Å². The minimum Gasteiger partial charge on any atom is -0.473 e. The number of hydrogen-bond donors (Lipinski definition) is 6. The second-order valence-corrected chi connectivity index (χ2v) is 1.96. The van der Waals surface area contributed by atoms with E-state index in [4.69, 9.17) is 10.2 Å². The van der Waals surface area contributed by atoms with Gasteiger partial charge in [0.25, 0.3) is 0 Å². The van der Waals surface area contributed by atoms with Crippen molar-refractivity contribution in [2.75, 3.05) is 0 Å². The monoisotopic (exact) mass is 302 g/mol. The second kappa shape index (κ2) is 12.5. The van der Waals surface area contributed by atoms with Crippen LogP contribution in [0.2, 0.25) is 0 Å². The van der Waals surface area contributed by atoms with Crippen molar-refractivity contribution in [3.63, 3.8) is 0 Å². The van der Waals surface area contributed by atoms with Crippen molar-refractivity contribution in [3.8, 4) is 0 Å². The van der Waals surface area contributed by atoms with Gasteiger partial charge in [0.2, 0.25) is 0 Å². The molecule has 0 aromatic carbocycles. The van der Waals surface area contributed by atoms with Gasteiger partial charge in [0, 0.05) is 0 Å². The molecule has 0 aliphatic carbocycles. The van der Waals surface area contributed by atoms with E-state index in [9.17, 15) is 28.8 Å². The van der Waals surface area contributed by atoms with Crippen LogP contribution in [0.15, 0.2) is 0 Å². The van der Waals surface area contributed by atoms with Crippen molar-refractivity contribution in [1.82, 2.24) is 24.6 Å². The van der Waals surface area contributed by atoms with Crippen molar-refractivity contribution >= 4 is 35.8 Å². The number of rotatable bonds is 0. The third-order valence-corrected chi connectivity index (χ3v) is 0.887. The fourth-order valence-corrected chi connectivity index (χ4v) is 0.339. The van der Waals surface area contributed by atoms with E-state index in [1.165, 1.54) is 0 Å². The first-order chi connectivity index (χ1) is 7.25. The maximum atomic E-state index is 10.5. The highest BCUT2D eigenvalue weighted by molar-refractivity contribution is 6.41. The maximum Gasteiger partial charge on any atom is 0.426 e. The Morgan fingerprint density at radius 3 is 0.850 bits per heavy atom.